The SMILES string of the molecule is CC1(C)CC(CC2(C)OC2CCC2(C)OC2CN2C(=O)c3cccc(O)c3Nc3c(O)cc(O)cc32)O1. The topological polar surface area (TPSA) is 127 Å². The van der Waals surface area contributed by atoms with E-state index in [1.807, 2.05) is 6.92 Å². The number of fused-ring (bicyclic) bond motifs is 2. The van der Waals surface area contributed by atoms with Gasteiger partial charge in [0, 0.05) is 25.0 Å². The van der Waals surface area contributed by atoms with Crippen molar-refractivity contribution in [2.75, 3.05) is 16.8 Å². The summed E-state index contributed by atoms with van der Waals surface area (Å²) >= 11 is 0. The molecule has 9 nitrogen and oxygen atoms in total. The van der Waals surface area contributed by atoms with E-state index in [1.165, 1.54) is 23.1 Å². The first kappa shape index (κ1) is 24.3. The number of hydrogen-bond donors (Lipinski definition) is 4. The summed E-state index contributed by atoms with van der Waals surface area (Å²) in [6.07, 6.45) is 3.77. The number of aromatic hydroxyl groups is 3. The van der Waals surface area contributed by atoms with Crippen LogP contribution in [-0.4, -0.2) is 62.9 Å². The number of carbonyl (C=O) groups is 1. The van der Waals surface area contributed by atoms with Crippen molar-refractivity contribution in [2.24, 2.45) is 0 Å². The molecule has 3 fully saturated rings. The van der Waals surface area contributed by atoms with Gasteiger partial charge in [0.1, 0.15) is 29.0 Å². The monoisotopic (exact) mass is 510 g/mol. The number of hydrogen-bond acceptors (Lipinski definition) is 8. The van der Waals surface area contributed by atoms with E-state index in [0.29, 0.717) is 5.69 Å². The van der Waals surface area contributed by atoms with Crippen molar-refractivity contribution < 1.29 is 34.3 Å². The summed E-state index contributed by atoms with van der Waals surface area (Å²) in [5.74, 6) is -0.870. The Labute approximate surface area is 215 Å². The van der Waals surface area contributed by atoms with Crippen LogP contribution < -0.4 is 10.2 Å². The van der Waals surface area contributed by atoms with Gasteiger partial charge in [0.15, 0.2) is 0 Å². The van der Waals surface area contributed by atoms with Crippen molar-refractivity contribution in [3.8, 4) is 17.2 Å². The molecule has 0 spiro atoms. The Kier molecular flexibility index (Phi) is 5.26. The molecule has 4 N–H and O–H groups in total. The van der Waals surface area contributed by atoms with Gasteiger partial charge in [-0.15, -0.1) is 0 Å². The minimum absolute atomic E-state index is 0.0281. The molecule has 4 aliphatic rings. The Morgan fingerprint density at radius 2 is 1.70 bits per heavy atom. The Balaban J connectivity index is 1.15. The molecule has 0 aromatic heterocycles. The molecular formula is C28H34N2O7. The lowest BCUT2D eigenvalue weighted by atomic mass is 9.85. The van der Waals surface area contributed by atoms with E-state index in [0.717, 1.165) is 25.7 Å². The van der Waals surface area contributed by atoms with Gasteiger partial charge in [-0.05, 0) is 52.7 Å². The van der Waals surface area contributed by atoms with Crippen LogP contribution in [0.4, 0.5) is 17.1 Å². The Hall–Kier alpha value is -3.01. The van der Waals surface area contributed by atoms with Gasteiger partial charge >= 0.3 is 0 Å². The summed E-state index contributed by atoms with van der Waals surface area (Å²) in [7, 11) is 0. The fourth-order valence-electron chi connectivity index (χ4n) is 6.06. The number of amides is 1. The largest absolute Gasteiger partial charge is 0.508 e. The second-order valence-corrected chi connectivity index (χ2v) is 11.9. The number of benzene rings is 2. The van der Waals surface area contributed by atoms with Crippen LogP contribution in [0.25, 0.3) is 0 Å². The molecule has 2 aromatic carbocycles. The first-order valence-electron chi connectivity index (χ1n) is 12.9. The van der Waals surface area contributed by atoms with Gasteiger partial charge in [-0.2, -0.15) is 0 Å². The van der Waals surface area contributed by atoms with Gasteiger partial charge in [-0.3, -0.25) is 4.79 Å². The first-order valence-corrected chi connectivity index (χ1v) is 12.9. The van der Waals surface area contributed by atoms with E-state index in [2.05, 4.69) is 26.1 Å². The predicted molar refractivity (Wildman–Crippen MR) is 137 cm³/mol. The van der Waals surface area contributed by atoms with Gasteiger partial charge in [-0.1, -0.05) is 6.07 Å². The van der Waals surface area contributed by atoms with Crippen LogP contribution in [0.3, 0.4) is 0 Å². The van der Waals surface area contributed by atoms with E-state index >= 15 is 0 Å². The molecule has 9 heteroatoms. The fraction of sp³-hybridized carbons (Fsp3) is 0.536. The number of anilines is 3. The molecule has 1 amide bonds. The lowest BCUT2D eigenvalue weighted by Gasteiger charge is -2.43. The van der Waals surface area contributed by atoms with Crippen molar-refractivity contribution in [1.29, 1.82) is 0 Å². The van der Waals surface area contributed by atoms with Gasteiger partial charge in [0.2, 0.25) is 0 Å². The van der Waals surface area contributed by atoms with Crippen molar-refractivity contribution in [2.45, 2.75) is 88.5 Å². The summed E-state index contributed by atoms with van der Waals surface area (Å²) in [5, 5.41) is 34.1. The molecule has 0 radical (unpaired) electrons. The standard InChI is InChI=1S/C28H34N2O7/c1-26(2)12-16(35-26)13-28(4)21(36-28)8-9-27(3)22(37-27)14-30-18-10-15(31)11-20(33)24(18)29-23-17(25(30)34)6-5-7-19(23)32/h5-7,10-11,16,21-22,29,31-33H,8-9,12-14H2,1-4H3. The second-order valence-electron chi connectivity index (χ2n) is 11.9. The van der Waals surface area contributed by atoms with Crippen molar-refractivity contribution in [1.82, 2.24) is 0 Å². The third-order valence-corrected chi connectivity index (χ3v) is 8.30. The molecule has 37 heavy (non-hydrogen) atoms. The average Bonchev–Trinajstić information content (AvgIpc) is 3.66. The maximum absolute atomic E-state index is 13.6. The number of phenols is 3. The molecule has 0 bridgehead atoms. The molecular weight excluding hydrogens is 476 g/mol. The smallest absolute Gasteiger partial charge is 0.260 e. The number of carbonyl (C=O) groups excluding carboxylic acids is 1. The average molecular weight is 511 g/mol. The molecule has 3 saturated heterocycles. The predicted octanol–water partition coefficient (Wildman–Crippen LogP) is 4.56. The van der Waals surface area contributed by atoms with Gasteiger partial charge < -0.3 is 39.7 Å². The summed E-state index contributed by atoms with van der Waals surface area (Å²) in [5.41, 5.74) is 0.424. The van der Waals surface area contributed by atoms with Crippen molar-refractivity contribution in [3.63, 3.8) is 0 Å². The number of ether oxygens (including phenoxy) is 3. The highest BCUT2D eigenvalue weighted by Crippen LogP contribution is 2.51. The van der Waals surface area contributed by atoms with Crippen LogP contribution >= 0.6 is 0 Å². The third kappa shape index (κ3) is 4.28. The van der Waals surface area contributed by atoms with Crippen LogP contribution in [0.5, 0.6) is 17.2 Å². The van der Waals surface area contributed by atoms with E-state index in [9.17, 15) is 20.1 Å². The Morgan fingerprint density at radius 3 is 2.43 bits per heavy atom. The number of phenolic OH excluding ortho intramolecular Hbond substituents is 3. The van der Waals surface area contributed by atoms with E-state index in [1.54, 1.807) is 12.1 Å². The highest BCUT2D eigenvalue weighted by atomic mass is 16.6. The first-order chi connectivity index (χ1) is 17.4. The number of nitrogens with one attached hydrogen (secondary N) is 1. The highest BCUT2D eigenvalue weighted by Gasteiger charge is 2.59. The van der Waals surface area contributed by atoms with Crippen LogP contribution in [0.1, 0.15) is 63.7 Å². The maximum atomic E-state index is 13.6. The second kappa shape index (κ2) is 7.99. The third-order valence-electron chi connectivity index (χ3n) is 8.30. The lowest BCUT2D eigenvalue weighted by molar-refractivity contribution is -0.190. The molecule has 0 saturated carbocycles. The molecule has 5 unspecified atom stereocenters. The van der Waals surface area contributed by atoms with Crippen LogP contribution in [0, 0.1) is 0 Å². The summed E-state index contributed by atoms with van der Waals surface area (Å²) in [6, 6.07) is 7.30. The van der Waals surface area contributed by atoms with Crippen molar-refractivity contribution >= 4 is 23.0 Å². The quantitative estimate of drug-likeness (QED) is 0.243. The zero-order valence-electron chi connectivity index (χ0n) is 21.6. The zero-order valence-corrected chi connectivity index (χ0v) is 21.6. The highest BCUT2D eigenvalue weighted by molar-refractivity contribution is 6.15. The molecule has 5 atom stereocenters. The van der Waals surface area contributed by atoms with Gasteiger partial charge in [0.25, 0.3) is 5.91 Å². The Morgan fingerprint density at radius 1 is 0.973 bits per heavy atom. The minimum Gasteiger partial charge on any atom is -0.508 e. The van der Waals surface area contributed by atoms with Crippen molar-refractivity contribution in [3.05, 3.63) is 35.9 Å². The fourth-order valence-corrected chi connectivity index (χ4v) is 6.06. The number of epoxide rings is 2. The zero-order chi connectivity index (χ0) is 26.3. The summed E-state index contributed by atoms with van der Waals surface area (Å²) < 4.78 is 18.1. The summed E-state index contributed by atoms with van der Waals surface area (Å²) in [4.78, 5) is 15.1. The van der Waals surface area contributed by atoms with Crippen LogP contribution in [0.15, 0.2) is 30.3 Å². The number of rotatable bonds is 7. The minimum atomic E-state index is -0.414. The van der Waals surface area contributed by atoms with Gasteiger partial charge in [0.05, 0.1) is 52.5 Å². The number of para-hydroxylation sites is 1. The Bertz CT molecular complexity index is 1270. The maximum Gasteiger partial charge on any atom is 0.260 e. The number of nitrogens with zero attached hydrogens (tertiary/aromatic N) is 1. The van der Waals surface area contributed by atoms with E-state index < -0.39 is 5.60 Å². The van der Waals surface area contributed by atoms with E-state index in [4.69, 9.17) is 14.2 Å². The summed E-state index contributed by atoms with van der Waals surface area (Å²) in [6.45, 7) is 8.63. The van der Waals surface area contributed by atoms with Crippen LogP contribution in [0.2, 0.25) is 0 Å². The van der Waals surface area contributed by atoms with E-state index in [-0.39, 0.29) is 76.2 Å². The molecule has 4 heterocycles. The molecule has 6 rings (SSSR count). The lowest BCUT2D eigenvalue weighted by Crippen LogP contribution is -2.47. The molecule has 2 aromatic rings. The van der Waals surface area contributed by atoms with Crippen LogP contribution in [-0.2, 0) is 14.2 Å². The van der Waals surface area contributed by atoms with Gasteiger partial charge in [-0.25, -0.2) is 0 Å². The molecule has 198 valence electrons. The normalized spacial score (nSPS) is 33.0. The molecule has 4 aliphatic heterocycles. The molecule has 0 aliphatic carbocycles.